The second kappa shape index (κ2) is 6.33. The van der Waals surface area contributed by atoms with Crippen molar-refractivity contribution in [2.45, 2.75) is 16.3 Å². The second-order valence-corrected chi connectivity index (χ2v) is 6.19. The number of imidazole rings is 1. The number of ether oxygens (including phenoxy) is 1. The van der Waals surface area contributed by atoms with E-state index in [0.717, 1.165) is 0 Å². The molecule has 1 rings (SSSR count). The van der Waals surface area contributed by atoms with E-state index in [0.29, 0.717) is 19.6 Å². The average molecular weight is 312 g/mol. The third-order valence-corrected chi connectivity index (χ3v) is 3.97. The molecule has 0 saturated heterocycles. The molecule has 1 aromatic heterocycles. The number of sulfonamides is 1. The van der Waals surface area contributed by atoms with Crippen molar-refractivity contribution in [3.8, 4) is 0 Å². The van der Waals surface area contributed by atoms with Crippen LogP contribution in [0.1, 0.15) is 6.42 Å². The summed E-state index contributed by atoms with van der Waals surface area (Å²) < 4.78 is 30.6. The molecule has 0 aliphatic carbocycles. The first-order valence-corrected chi connectivity index (χ1v) is 7.07. The Morgan fingerprint density at radius 3 is 3.00 bits per heavy atom. The molecule has 1 unspecified atom stereocenters. The lowest BCUT2D eigenvalue weighted by Gasteiger charge is -2.08. The van der Waals surface area contributed by atoms with Gasteiger partial charge in [0.1, 0.15) is 0 Å². The summed E-state index contributed by atoms with van der Waals surface area (Å²) in [6.45, 7) is 0.895. The van der Waals surface area contributed by atoms with E-state index in [4.69, 9.17) is 4.74 Å². The highest BCUT2D eigenvalue weighted by atomic mass is 79.9. The summed E-state index contributed by atoms with van der Waals surface area (Å²) in [5.74, 6) is 0. The molecular weight excluding hydrogens is 298 g/mol. The largest absolute Gasteiger partial charge is 0.384 e. The van der Waals surface area contributed by atoms with Gasteiger partial charge in [-0.25, -0.2) is 18.1 Å². The molecule has 0 aromatic carbocycles. The van der Waals surface area contributed by atoms with E-state index in [1.165, 1.54) is 12.5 Å². The highest BCUT2D eigenvalue weighted by molar-refractivity contribution is 9.09. The van der Waals surface area contributed by atoms with E-state index in [1.807, 2.05) is 0 Å². The van der Waals surface area contributed by atoms with Crippen LogP contribution < -0.4 is 4.72 Å². The van der Waals surface area contributed by atoms with Crippen molar-refractivity contribution in [2.24, 2.45) is 0 Å². The van der Waals surface area contributed by atoms with E-state index < -0.39 is 10.0 Å². The SMILES string of the molecule is COCC(Br)CCNS(=O)(=O)c1cnc[nH]1. The van der Waals surface area contributed by atoms with Gasteiger partial charge in [0.2, 0.25) is 0 Å². The van der Waals surface area contributed by atoms with Gasteiger partial charge in [0, 0.05) is 18.5 Å². The quantitative estimate of drug-likeness (QED) is 0.718. The predicted molar refractivity (Wildman–Crippen MR) is 63.0 cm³/mol. The molecule has 8 heteroatoms. The van der Waals surface area contributed by atoms with Gasteiger partial charge in [-0.05, 0) is 6.42 Å². The molecule has 0 aliphatic heterocycles. The van der Waals surface area contributed by atoms with Crippen molar-refractivity contribution in [2.75, 3.05) is 20.3 Å². The summed E-state index contributed by atoms with van der Waals surface area (Å²) in [4.78, 5) is 6.34. The number of alkyl halides is 1. The maximum absolute atomic E-state index is 11.6. The zero-order valence-corrected chi connectivity index (χ0v) is 11.2. The number of aromatic amines is 1. The molecule has 92 valence electrons. The fraction of sp³-hybridized carbons (Fsp3) is 0.625. The van der Waals surface area contributed by atoms with Gasteiger partial charge in [0.15, 0.2) is 5.03 Å². The minimum atomic E-state index is -3.46. The Morgan fingerprint density at radius 2 is 2.44 bits per heavy atom. The molecule has 0 radical (unpaired) electrons. The van der Waals surface area contributed by atoms with Gasteiger partial charge < -0.3 is 9.72 Å². The first kappa shape index (κ1) is 13.6. The first-order chi connectivity index (χ1) is 7.56. The zero-order chi connectivity index (χ0) is 12.0. The fourth-order valence-corrected chi connectivity index (χ4v) is 2.52. The van der Waals surface area contributed by atoms with Crippen LogP contribution in [0.2, 0.25) is 0 Å². The van der Waals surface area contributed by atoms with Crippen LogP contribution in [-0.2, 0) is 14.8 Å². The van der Waals surface area contributed by atoms with Gasteiger partial charge in [0.25, 0.3) is 10.0 Å². The minimum Gasteiger partial charge on any atom is -0.384 e. The van der Waals surface area contributed by atoms with Gasteiger partial charge >= 0.3 is 0 Å². The molecule has 1 atom stereocenters. The molecule has 1 aromatic rings. The van der Waals surface area contributed by atoms with Gasteiger partial charge in [-0.1, -0.05) is 15.9 Å². The molecule has 0 fully saturated rings. The zero-order valence-electron chi connectivity index (χ0n) is 8.81. The number of nitrogens with one attached hydrogen (secondary N) is 2. The summed E-state index contributed by atoms with van der Waals surface area (Å²) in [6.07, 6.45) is 3.25. The van der Waals surface area contributed by atoms with E-state index in [1.54, 1.807) is 7.11 Å². The van der Waals surface area contributed by atoms with E-state index in [2.05, 4.69) is 30.6 Å². The topological polar surface area (TPSA) is 84.1 Å². The third kappa shape index (κ3) is 4.20. The lowest BCUT2D eigenvalue weighted by Crippen LogP contribution is -2.27. The smallest absolute Gasteiger partial charge is 0.257 e. The standard InChI is InChI=1S/C8H14BrN3O3S/c1-15-5-7(9)2-3-12-16(13,14)8-4-10-6-11-8/h4,6-7,12H,2-3,5H2,1H3,(H,10,11). The Hall–Kier alpha value is -0.440. The summed E-state index contributed by atoms with van der Waals surface area (Å²) in [5.41, 5.74) is 0. The maximum Gasteiger partial charge on any atom is 0.257 e. The van der Waals surface area contributed by atoms with Crippen LogP contribution in [0.25, 0.3) is 0 Å². The molecule has 2 N–H and O–H groups in total. The van der Waals surface area contributed by atoms with Crippen LogP contribution in [0.4, 0.5) is 0 Å². The summed E-state index contributed by atoms with van der Waals surface area (Å²) in [6, 6.07) is 0. The van der Waals surface area contributed by atoms with Crippen LogP contribution >= 0.6 is 15.9 Å². The minimum absolute atomic E-state index is 0.0744. The van der Waals surface area contributed by atoms with Crippen LogP contribution in [0, 0.1) is 0 Å². The van der Waals surface area contributed by atoms with Gasteiger partial charge in [0.05, 0.1) is 19.1 Å². The van der Waals surface area contributed by atoms with Gasteiger partial charge in [-0.3, -0.25) is 0 Å². The number of H-pyrrole nitrogens is 1. The Kier molecular flexibility index (Phi) is 5.39. The Morgan fingerprint density at radius 1 is 1.69 bits per heavy atom. The van der Waals surface area contributed by atoms with E-state index >= 15 is 0 Å². The van der Waals surface area contributed by atoms with Crippen molar-refractivity contribution in [1.29, 1.82) is 0 Å². The summed E-state index contributed by atoms with van der Waals surface area (Å²) >= 11 is 3.37. The highest BCUT2D eigenvalue weighted by Gasteiger charge is 2.15. The molecule has 0 aliphatic rings. The number of hydrogen-bond acceptors (Lipinski definition) is 4. The molecular formula is C8H14BrN3O3S. The van der Waals surface area contributed by atoms with Crippen LogP contribution in [0.15, 0.2) is 17.6 Å². The maximum atomic E-state index is 11.6. The number of halogens is 1. The first-order valence-electron chi connectivity index (χ1n) is 4.67. The second-order valence-electron chi connectivity index (χ2n) is 3.15. The van der Waals surface area contributed by atoms with Crippen molar-refractivity contribution >= 4 is 26.0 Å². The third-order valence-electron chi connectivity index (χ3n) is 1.86. The van der Waals surface area contributed by atoms with Gasteiger partial charge in [-0.15, -0.1) is 0 Å². The lowest BCUT2D eigenvalue weighted by atomic mass is 10.3. The Balaban J connectivity index is 2.38. The predicted octanol–water partition coefficient (Wildman–Crippen LogP) is 0.488. The molecule has 1 heterocycles. The molecule has 6 nitrogen and oxygen atoms in total. The molecule has 0 spiro atoms. The molecule has 0 bridgehead atoms. The number of rotatable bonds is 7. The average Bonchev–Trinajstić information content (AvgIpc) is 2.71. The fourth-order valence-electron chi connectivity index (χ4n) is 1.08. The highest BCUT2D eigenvalue weighted by Crippen LogP contribution is 2.06. The van der Waals surface area contributed by atoms with Crippen molar-refractivity contribution in [1.82, 2.24) is 14.7 Å². The lowest BCUT2D eigenvalue weighted by molar-refractivity contribution is 0.199. The molecule has 0 amide bonds. The number of aromatic nitrogens is 2. The van der Waals surface area contributed by atoms with Crippen molar-refractivity contribution in [3.05, 3.63) is 12.5 Å². The molecule has 0 saturated carbocycles. The van der Waals surface area contributed by atoms with Gasteiger partial charge in [-0.2, -0.15) is 0 Å². The van der Waals surface area contributed by atoms with E-state index in [9.17, 15) is 8.42 Å². The Labute approximate surface area is 103 Å². The Bertz CT molecular complexity index is 393. The summed E-state index contributed by atoms with van der Waals surface area (Å²) in [5, 5.41) is 0.0744. The molecule has 16 heavy (non-hydrogen) atoms. The van der Waals surface area contributed by atoms with Crippen LogP contribution in [-0.4, -0.2) is 43.5 Å². The number of hydrogen-bond donors (Lipinski definition) is 2. The van der Waals surface area contributed by atoms with Crippen molar-refractivity contribution < 1.29 is 13.2 Å². The van der Waals surface area contributed by atoms with Crippen LogP contribution in [0.5, 0.6) is 0 Å². The monoisotopic (exact) mass is 311 g/mol. The normalized spacial score (nSPS) is 13.9. The number of nitrogens with zero attached hydrogens (tertiary/aromatic N) is 1. The summed E-state index contributed by atoms with van der Waals surface area (Å²) in [7, 11) is -1.86. The van der Waals surface area contributed by atoms with E-state index in [-0.39, 0.29) is 9.85 Å². The van der Waals surface area contributed by atoms with Crippen LogP contribution in [0.3, 0.4) is 0 Å². The van der Waals surface area contributed by atoms with Crippen molar-refractivity contribution in [3.63, 3.8) is 0 Å². The number of methoxy groups -OCH3 is 1.